The fourth-order valence-electron chi connectivity index (χ4n) is 7.56. The van der Waals surface area contributed by atoms with E-state index in [2.05, 4.69) is 0 Å². The van der Waals surface area contributed by atoms with Gasteiger partial charge in [0.1, 0.15) is 5.60 Å². The number of ether oxygens (including phenoxy) is 3. The van der Waals surface area contributed by atoms with Gasteiger partial charge in [-0.15, -0.1) is 0 Å². The van der Waals surface area contributed by atoms with Crippen LogP contribution in [0.2, 0.25) is 0 Å². The molecule has 4 bridgehead atoms. The lowest BCUT2D eigenvalue weighted by Crippen LogP contribution is -2.71. The Morgan fingerprint density at radius 2 is 1.17 bits per heavy atom. The van der Waals surface area contributed by atoms with Gasteiger partial charge in [-0.05, 0) is 106 Å². The van der Waals surface area contributed by atoms with Gasteiger partial charge in [-0.25, -0.2) is 0 Å². The summed E-state index contributed by atoms with van der Waals surface area (Å²) in [4.78, 5) is 13.4. The van der Waals surface area contributed by atoms with Crippen molar-refractivity contribution < 1.29 is 55.6 Å². The molecule has 6 nitrogen and oxygen atoms in total. The average molecular weight is 619 g/mol. The first-order chi connectivity index (χ1) is 18.5. The molecule has 12 heteroatoms. The van der Waals surface area contributed by atoms with Crippen molar-refractivity contribution >= 4 is 5.97 Å². The zero-order chi connectivity index (χ0) is 32.6. The summed E-state index contributed by atoms with van der Waals surface area (Å²) >= 11 is 0. The van der Waals surface area contributed by atoms with Gasteiger partial charge in [-0.2, -0.15) is 26.3 Å². The second kappa shape index (κ2) is 10.2. The Kier molecular flexibility index (Phi) is 8.59. The van der Waals surface area contributed by atoms with Crippen molar-refractivity contribution in [1.29, 1.82) is 0 Å². The fourth-order valence-corrected chi connectivity index (χ4v) is 7.56. The molecule has 4 fully saturated rings. The van der Waals surface area contributed by atoms with E-state index in [0.717, 1.165) is 0 Å². The van der Waals surface area contributed by atoms with Gasteiger partial charge in [-0.3, -0.25) is 4.79 Å². The first-order valence-corrected chi connectivity index (χ1v) is 14.6. The summed E-state index contributed by atoms with van der Waals surface area (Å²) in [5.41, 5.74) is -12.3. The van der Waals surface area contributed by atoms with Crippen LogP contribution < -0.4 is 0 Å². The largest absolute Gasteiger partial charge is 0.459 e. The highest BCUT2D eigenvalue weighted by Crippen LogP contribution is 2.73. The normalized spacial score (nSPS) is 31.0. The van der Waals surface area contributed by atoms with E-state index < -0.39 is 69.2 Å². The van der Waals surface area contributed by atoms with Crippen LogP contribution >= 0.6 is 0 Å². The number of esters is 1. The molecule has 0 amide bonds. The summed E-state index contributed by atoms with van der Waals surface area (Å²) in [6.07, 6.45) is -9.01. The number of rotatable bonds is 11. The van der Waals surface area contributed by atoms with Gasteiger partial charge < -0.3 is 24.4 Å². The molecule has 0 aromatic heterocycles. The summed E-state index contributed by atoms with van der Waals surface area (Å²) in [6.45, 7) is 13.2. The van der Waals surface area contributed by atoms with E-state index in [1.54, 1.807) is 27.7 Å². The monoisotopic (exact) mass is 618 g/mol. The molecular weight excluding hydrogens is 570 g/mol. The van der Waals surface area contributed by atoms with Gasteiger partial charge in [0.15, 0.2) is 0 Å². The molecule has 0 saturated heterocycles. The third-order valence-electron chi connectivity index (χ3n) is 10.7. The third kappa shape index (κ3) is 6.07. The maximum atomic E-state index is 13.5. The van der Waals surface area contributed by atoms with Gasteiger partial charge >= 0.3 is 18.3 Å². The number of hydrogen-bond donors (Lipinski definition) is 2. The van der Waals surface area contributed by atoms with Crippen molar-refractivity contribution in [1.82, 2.24) is 0 Å². The quantitative estimate of drug-likeness (QED) is 0.194. The lowest BCUT2D eigenvalue weighted by Gasteiger charge is -2.71. The Hall–Kier alpha value is -1.11. The van der Waals surface area contributed by atoms with Crippen LogP contribution in [-0.2, 0) is 19.0 Å². The van der Waals surface area contributed by atoms with Gasteiger partial charge in [0.2, 0.25) is 0 Å². The summed E-state index contributed by atoms with van der Waals surface area (Å²) in [6, 6.07) is 0. The molecule has 0 heterocycles. The van der Waals surface area contributed by atoms with E-state index in [-0.39, 0.29) is 18.9 Å². The third-order valence-corrected chi connectivity index (χ3v) is 10.7. The molecule has 4 saturated carbocycles. The highest BCUT2D eigenvalue weighted by Gasteiger charge is 2.74. The number of carbonyl (C=O) groups is 1. The van der Waals surface area contributed by atoms with Crippen molar-refractivity contribution in [2.24, 2.45) is 22.2 Å². The maximum Gasteiger partial charge on any atom is 0.428 e. The molecular formula is C30H48F6O6. The minimum atomic E-state index is -6.01. The van der Waals surface area contributed by atoms with Crippen LogP contribution in [0.4, 0.5) is 26.3 Å². The molecule has 42 heavy (non-hydrogen) atoms. The van der Waals surface area contributed by atoms with Gasteiger partial charge in [-0.1, -0.05) is 6.92 Å². The summed E-state index contributed by atoms with van der Waals surface area (Å²) in [5.74, 6) is -0.495. The molecule has 4 aliphatic carbocycles. The first-order valence-electron chi connectivity index (χ1n) is 14.6. The summed E-state index contributed by atoms with van der Waals surface area (Å²) in [7, 11) is 0. The Labute approximate surface area is 244 Å². The zero-order valence-corrected chi connectivity index (χ0v) is 26.2. The second-order valence-corrected chi connectivity index (χ2v) is 15.6. The van der Waals surface area contributed by atoms with Crippen LogP contribution in [0.3, 0.4) is 0 Å². The molecule has 4 aliphatic rings. The predicted octanol–water partition coefficient (Wildman–Crippen LogP) is 6.89. The maximum absolute atomic E-state index is 13.5. The topological polar surface area (TPSA) is 85.2 Å². The van der Waals surface area contributed by atoms with E-state index in [0.29, 0.717) is 38.5 Å². The van der Waals surface area contributed by atoms with E-state index in [9.17, 15) is 41.4 Å². The van der Waals surface area contributed by atoms with Crippen molar-refractivity contribution in [3.8, 4) is 0 Å². The average Bonchev–Trinajstić information content (AvgIpc) is 2.78. The molecule has 4 atom stereocenters. The van der Waals surface area contributed by atoms with Crippen LogP contribution in [0.25, 0.3) is 0 Å². The van der Waals surface area contributed by atoms with Crippen LogP contribution in [0.15, 0.2) is 0 Å². The molecule has 2 N–H and O–H groups in total. The summed E-state index contributed by atoms with van der Waals surface area (Å²) < 4.78 is 99.4. The number of halogens is 6. The molecule has 4 unspecified atom stereocenters. The molecule has 4 rings (SSSR count). The standard InChI is InChI=1S/C30H48F6O6/c1-10-21(2,3)20(37)42-27-13-19-11-25(15-27,23(6,7)40-17-22(4,5)38)14-26(12-19,16-27)24(8,9)41-18-28(39,29(31,32)33)30(34,35)36/h19,38-39H,10-18H2,1-9H3. The smallest absolute Gasteiger partial charge is 0.428 e. The SMILES string of the molecule is CCC(C)(C)C(=O)OC12CC3CC(C(C)(C)OCC(C)(C)O)(C1)CC(C(C)(C)OCC(O)(C(F)(F)F)C(F)(F)F)(C3)C2. The van der Waals surface area contributed by atoms with Crippen LogP contribution in [0, 0.1) is 22.2 Å². The first kappa shape index (κ1) is 35.4. The van der Waals surface area contributed by atoms with Crippen molar-refractivity contribution in [3.05, 3.63) is 0 Å². The Balaban J connectivity index is 2.08. The Morgan fingerprint density at radius 1 is 0.738 bits per heavy atom. The molecule has 0 aromatic carbocycles. The predicted molar refractivity (Wildman–Crippen MR) is 142 cm³/mol. The summed E-state index contributed by atoms with van der Waals surface area (Å²) in [5, 5.41) is 20.2. The van der Waals surface area contributed by atoms with Gasteiger partial charge in [0.05, 0.1) is 35.4 Å². The number of carbonyl (C=O) groups excluding carboxylic acids is 1. The van der Waals surface area contributed by atoms with Gasteiger partial charge in [0, 0.05) is 10.8 Å². The molecule has 0 spiro atoms. The number of hydrogen-bond acceptors (Lipinski definition) is 6. The second-order valence-electron chi connectivity index (χ2n) is 15.6. The van der Waals surface area contributed by atoms with E-state index in [4.69, 9.17) is 14.2 Å². The minimum absolute atomic E-state index is 0.0147. The molecule has 0 aliphatic heterocycles. The van der Waals surface area contributed by atoms with Crippen molar-refractivity contribution in [2.45, 2.75) is 148 Å². The number of alkyl halides is 6. The van der Waals surface area contributed by atoms with Gasteiger partial charge in [0.25, 0.3) is 5.60 Å². The minimum Gasteiger partial charge on any atom is -0.459 e. The van der Waals surface area contributed by atoms with Crippen molar-refractivity contribution in [3.63, 3.8) is 0 Å². The van der Waals surface area contributed by atoms with E-state index in [1.165, 1.54) is 13.8 Å². The van der Waals surface area contributed by atoms with E-state index in [1.807, 2.05) is 20.8 Å². The Bertz CT molecular complexity index is 1010. The lowest BCUT2D eigenvalue weighted by atomic mass is 9.37. The molecule has 0 radical (unpaired) electrons. The fraction of sp³-hybridized carbons (Fsp3) is 0.967. The highest BCUT2D eigenvalue weighted by atomic mass is 19.4. The molecule has 0 aromatic rings. The van der Waals surface area contributed by atoms with Crippen LogP contribution in [0.5, 0.6) is 0 Å². The van der Waals surface area contributed by atoms with Crippen LogP contribution in [0.1, 0.15) is 107 Å². The Morgan fingerprint density at radius 3 is 1.55 bits per heavy atom. The van der Waals surface area contributed by atoms with E-state index >= 15 is 0 Å². The number of aliphatic hydroxyl groups is 2. The van der Waals surface area contributed by atoms with Crippen molar-refractivity contribution in [2.75, 3.05) is 13.2 Å². The lowest BCUT2D eigenvalue weighted by molar-refractivity contribution is -0.388. The molecule has 246 valence electrons. The van der Waals surface area contributed by atoms with Crippen LogP contribution in [-0.4, -0.2) is 69.8 Å². The zero-order valence-electron chi connectivity index (χ0n) is 26.2. The highest BCUT2D eigenvalue weighted by molar-refractivity contribution is 5.76.